The van der Waals surface area contributed by atoms with Gasteiger partial charge in [0, 0.05) is 29.9 Å². The summed E-state index contributed by atoms with van der Waals surface area (Å²) < 4.78 is 0. The van der Waals surface area contributed by atoms with E-state index < -0.39 is 0 Å². The van der Waals surface area contributed by atoms with E-state index in [1.54, 1.807) is 11.3 Å². The topological polar surface area (TPSA) is 116 Å². The lowest BCUT2D eigenvalue weighted by Gasteiger charge is -2.28. The molecule has 7 N–H and O–H groups in total. The van der Waals surface area contributed by atoms with Gasteiger partial charge in [0.15, 0.2) is 0 Å². The van der Waals surface area contributed by atoms with Crippen LogP contribution in [0.4, 0.5) is 5.82 Å². The number of fused-ring (bicyclic) bond motifs is 1. The number of allylic oxidation sites excluding steroid dienone is 1. The van der Waals surface area contributed by atoms with Crippen molar-refractivity contribution in [1.82, 2.24) is 15.3 Å². The van der Waals surface area contributed by atoms with Gasteiger partial charge in [-0.15, -0.1) is 0 Å². The number of nitrogens with one attached hydrogen (secondary N) is 2. The van der Waals surface area contributed by atoms with Crippen LogP contribution in [0.15, 0.2) is 53.3 Å². The average molecular weight is 397 g/mol. The molecule has 0 spiro atoms. The molecular weight excluding hydrogens is 364 g/mol. The number of benzene rings is 1. The molecule has 2 aromatic rings. The normalized spacial score (nSPS) is 19.2. The van der Waals surface area contributed by atoms with E-state index in [1.807, 2.05) is 49.6 Å². The number of likely N-dealkylation sites (N-methyl/N-ethyl adjacent to an activating group) is 1. The zero-order chi connectivity index (χ0) is 20.6. The molecule has 1 saturated carbocycles. The van der Waals surface area contributed by atoms with Crippen LogP contribution in [-0.4, -0.2) is 35.0 Å². The molecule has 1 atom stereocenters. The van der Waals surface area contributed by atoms with E-state index in [0.29, 0.717) is 12.5 Å². The first-order chi connectivity index (χ1) is 14.1. The van der Waals surface area contributed by atoms with E-state index in [0.717, 1.165) is 28.3 Å². The largest absolute Gasteiger partial charge is 0.400 e. The van der Waals surface area contributed by atoms with Crippen molar-refractivity contribution in [2.45, 2.75) is 38.2 Å². The molecule has 1 unspecified atom stereocenters. The summed E-state index contributed by atoms with van der Waals surface area (Å²) >= 11 is 0. The molecule has 0 radical (unpaired) electrons. The minimum atomic E-state index is -0.388. The summed E-state index contributed by atoms with van der Waals surface area (Å²) in [6.07, 6.45) is 9.28. The Labute approximate surface area is 172 Å². The smallest absolute Gasteiger partial charge is 0.141 e. The molecule has 1 aromatic carbocycles. The fraction of sp³-hybridized carbons (Fsp3) is 0.409. The predicted molar refractivity (Wildman–Crippen MR) is 118 cm³/mol. The van der Waals surface area contributed by atoms with Crippen molar-refractivity contribution in [2.75, 3.05) is 13.6 Å². The Hall–Kier alpha value is -2.61. The van der Waals surface area contributed by atoms with Crippen molar-refractivity contribution in [2.24, 2.45) is 22.5 Å². The van der Waals surface area contributed by atoms with Gasteiger partial charge in [0.25, 0.3) is 0 Å². The van der Waals surface area contributed by atoms with Gasteiger partial charge in [0.05, 0.1) is 11.8 Å². The van der Waals surface area contributed by atoms with Gasteiger partial charge in [0.2, 0.25) is 0 Å². The highest BCUT2D eigenvalue weighted by Crippen LogP contribution is 2.36. The Morgan fingerprint density at radius 3 is 2.66 bits per heavy atom. The lowest BCUT2D eigenvalue weighted by atomic mass is 9.85. The molecule has 29 heavy (non-hydrogen) atoms. The highest BCUT2D eigenvalue weighted by Gasteiger charge is 2.25. The maximum atomic E-state index is 9.46. The van der Waals surface area contributed by atoms with E-state index in [2.05, 4.69) is 15.3 Å². The fourth-order valence-electron chi connectivity index (χ4n) is 3.87. The van der Waals surface area contributed by atoms with Crippen molar-refractivity contribution in [1.29, 1.82) is 0 Å². The van der Waals surface area contributed by atoms with Crippen LogP contribution in [0.1, 0.15) is 49.3 Å². The Morgan fingerprint density at radius 1 is 1.24 bits per heavy atom. The number of H-pyrrole nitrogens is 1. The van der Waals surface area contributed by atoms with Crippen LogP contribution in [0.3, 0.4) is 0 Å². The van der Waals surface area contributed by atoms with Crippen LogP contribution in [-0.2, 0) is 0 Å². The van der Waals surface area contributed by atoms with Crippen LogP contribution < -0.4 is 16.9 Å². The molecule has 2 heterocycles. The highest BCUT2D eigenvalue weighted by molar-refractivity contribution is 5.86. The molecule has 0 saturated heterocycles. The average Bonchev–Trinajstić information content (AvgIpc) is 3.24. The number of hydrazine groups is 1. The Bertz CT molecular complexity index is 823. The number of nitrogens with zero attached hydrogens (tertiary/aromatic N) is 2. The third-order valence-electron chi connectivity index (χ3n) is 5.45. The van der Waals surface area contributed by atoms with Crippen LogP contribution >= 0.6 is 0 Å². The van der Waals surface area contributed by atoms with Gasteiger partial charge >= 0.3 is 0 Å². The fourth-order valence-corrected chi connectivity index (χ4v) is 3.87. The van der Waals surface area contributed by atoms with E-state index in [4.69, 9.17) is 11.6 Å². The summed E-state index contributed by atoms with van der Waals surface area (Å²) in [5.41, 5.74) is 10.1. The molecule has 1 aromatic heterocycles. The third kappa shape index (κ3) is 5.26. The van der Waals surface area contributed by atoms with E-state index in [1.165, 1.54) is 32.1 Å². The van der Waals surface area contributed by atoms with Crippen LogP contribution in [0.25, 0.3) is 5.70 Å². The molecule has 1 aliphatic carbocycles. The lowest BCUT2D eigenvalue weighted by molar-refractivity contribution is 0.178. The zero-order valence-electron chi connectivity index (χ0n) is 17.0. The Kier molecular flexibility index (Phi) is 7.46. The maximum Gasteiger partial charge on any atom is 0.141 e. The maximum absolute atomic E-state index is 9.46. The molecular formula is C22H32N6O. The molecule has 156 valence electrons. The third-order valence-corrected chi connectivity index (χ3v) is 5.45. The molecule has 7 heteroatoms. The first kappa shape index (κ1) is 21.1. The van der Waals surface area contributed by atoms with E-state index in [-0.39, 0.29) is 6.10 Å². The van der Waals surface area contributed by atoms with Crippen molar-refractivity contribution >= 4 is 17.9 Å². The quantitative estimate of drug-likeness (QED) is 0.510. The minimum Gasteiger partial charge on any atom is -0.400 e. The molecule has 1 aliphatic heterocycles. The lowest BCUT2D eigenvalue weighted by Crippen LogP contribution is -2.33. The number of aliphatic hydroxyl groups is 1. The first-order valence-electron chi connectivity index (χ1n) is 10.2. The standard InChI is InChI=1S/C13H19N5.C9H13NO/c14-11(9-4-2-1-3-5-9)12-10-6-7-16-13(10)17-8-18(12)15;1-10-7-9(11)8-5-3-2-4-6-8/h6-9,16H,1-5,14-15H2;2-6,9-11H,7H2,1H3/b12-11-;. The minimum absolute atomic E-state index is 0.388. The molecule has 4 rings (SSSR count). The molecule has 7 nitrogen and oxygen atoms in total. The molecule has 1 fully saturated rings. The summed E-state index contributed by atoms with van der Waals surface area (Å²) in [7, 11) is 1.83. The zero-order valence-corrected chi connectivity index (χ0v) is 17.0. The van der Waals surface area contributed by atoms with E-state index in [9.17, 15) is 5.11 Å². The number of aromatic amines is 1. The van der Waals surface area contributed by atoms with Gasteiger partial charge in [-0.05, 0) is 31.5 Å². The van der Waals surface area contributed by atoms with Gasteiger partial charge in [-0.1, -0.05) is 49.6 Å². The predicted octanol–water partition coefficient (Wildman–Crippen LogP) is 3.01. The number of hydrogen-bond donors (Lipinski definition) is 5. The monoisotopic (exact) mass is 396 g/mol. The number of aromatic nitrogens is 1. The number of hydrogen-bond acceptors (Lipinski definition) is 6. The van der Waals surface area contributed by atoms with E-state index >= 15 is 0 Å². The molecule has 0 bridgehead atoms. The van der Waals surface area contributed by atoms with Crippen molar-refractivity contribution in [3.63, 3.8) is 0 Å². The molecule has 2 aliphatic rings. The number of rotatable bonds is 4. The highest BCUT2D eigenvalue weighted by atomic mass is 16.3. The first-order valence-corrected chi connectivity index (χ1v) is 10.2. The Morgan fingerprint density at radius 2 is 1.97 bits per heavy atom. The van der Waals surface area contributed by atoms with Crippen molar-refractivity contribution < 1.29 is 5.11 Å². The van der Waals surface area contributed by atoms with Crippen LogP contribution in [0.2, 0.25) is 0 Å². The van der Waals surface area contributed by atoms with Crippen molar-refractivity contribution in [3.05, 3.63) is 59.4 Å². The number of aliphatic imine (C=N–C) groups is 1. The summed E-state index contributed by atoms with van der Waals surface area (Å²) in [5.74, 6) is 7.28. The van der Waals surface area contributed by atoms with Gasteiger partial charge in [-0.3, -0.25) is 5.01 Å². The second kappa shape index (κ2) is 10.2. The van der Waals surface area contributed by atoms with Crippen LogP contribution in [0, 0.1) is 5.92 Å². The van der Waals surface area contributed by atoms with Gasteiger partial charge in [0.1, 0.15) is 12.2 Å². The van der Waals surface area contributed by atoms with Crippen molar-refractivity contribution in [3.8, 4) is 0 Å². The second-order valence-electron chi connectivity index (χ2n) is 7.51. The summed E-state index contributed by atoms with van der Waals surface area (Å²) in [6.45, 7) is 0.601. The molecule has 0 amide bonds. The summed E-state index contributed by atoms with van der Waals surface area (Å²) in [5, 5.41) is 13.9. The van der Waals surface area contributed by atoms with Crippen LogP contribution in [0.5, 0.6) is 0 Å². The second-order valence-corrected chi connectivity index (χ2v) is 7.51. The van der Waals surface area contributed by atoms with Gasteiger partial charge in [-0.25, -0.2) is 10.8 Å². The van der Waals surface area contributed by atoms with Gasteiger partial charge in [-0.2, -0.15) is 0 Å². The Balaban J connectivity index is 0.000000188. The van der Waals surface area contributed by atoms with Gasteiger partial charge < -0.3 is 21.1 Å². The number of aliphatic hydroxyl groups excluding tert-OH is 1. The summed E-state index contributed by atoms with van der Waals surface area (Å²) in [6, 6.07) is 11.6. The number of nitrogens with two attached hydrogens (primary N) is 2. The summed E-state index contributed by atoms with van der Waals surface area (Å²) in [4.78, 5) is 7.34. The SMILES string of the molecule is CNCC(O)c1ccccc1.N/C(=C1/c2cc[nH]c2N=CN1N)C1CCCCC1.